The molecule has 1 aliphatic rings. The second kappa shape index (κ2) is 8.83. The van der Waals surface area contributed by atoms with Crippen molar-refractivity contribution in [3.8, 4) is 5.75 Å². The number of ketones is 1. The fraction of sp³-hybridized carbons (Fsp3) is 0.160. The van der Waals surface area contributed by atoms with E-state index < -0.39 is 17.4 Å². The minimum Gasteiger partial charge on any atom is -0.491 e. The Labute approximate surface area is 179 Å². The van der Waals surface area contributed by atoms with E-state index in [1.807, 2.05) is 0 Å². The molecule has 0 spiro atoms. The smallest absolute Gasteiger partial charge is 0.338 e. The van der Waals surface area contributed by atoms with E-state index in [0.29, 0.717) is 22.4 Å². The molecule has 4 rings (SSSR count). The minimum atomic E-state index is -1.34. The first kappa shape index (κ1) is 20.3. The summed E-state index contributed by atoms with van der Waals surface area (Å²) in [6, 6.07) is 23.8. The van der Waals surface area contributed by atoms with Crippen molar-refractivity contribution < 1.29 is 28.6 Å². The molecule has 3 aromatic rings. The van der Waals surface area contributed by atoms with Gasteiger partial charge in [-0.05, 0) is 36.4 Å². The normalized spacial score (nSPS) is 14.1. The van der Waals surface area contributed by atoms with E-state index in [1.54, 1.807) is 84.9 Å². The zero-order valence-corrected chi connectivity index (χ0v) is 16.7. The van der Waals surface area contributed by atoms with Crippen molar-refractivity contribution in [2.75, 3.05) is 19.8 Å². The molecule has 6 nitrogen and oxygen atoms in total. The molecule has 0 bridgehead atoms. The van der Waals surface area contributed by atoms with E-state index in [9.17, 15) is 14.4 Å². The van der Waals surface area contributed by atoms with Crippen LogP contribution in [-0.2, 0) is 9.47 Å². The topological polar surface area (TPSA) is 78.9 Å². The quantitative estimate of drug-likeness (QED) is 0.566. The predicted octanol–water partition coefficient (Wildman–Crippen LogP) is 3.96. The minimum absolute atomic E-state index is 0.0764. The van der Waals surface area contributed by atoms with Crippen molar-refractivity contribution in [1.82, 2.24) is 0 Å². The van der Waals surface area contributed by atoms with Crippen molar-refractivity contribution in [1.29, 1.82) is 0 Å². The highest BCUT2D eigenvalue weighted by atomic mass is 16.6. The highest BCUT2D eigenvalue weighted by Crippen LogP contribution is 2.35. The van der Waals surface area contributed by atoms with Crippen molar-refractivity contribution in [2.45, 2.75) is 0 Å². The Hall–Kier alpha value is -3.93. The van der Waals surface area contributed by atoms with Gasteiger partial charge in [0.2, 0.25) is 0 Å². The van der Waals surface area contributed by atoms with Gasteiger partial charge < -0.3 is 14.2 Å². The van der Waals surface area contributed by atoms with Crippen LogP contribution >= 0.6 is 0 Å². The molecule has 0 aromatic heterocycles. The largest absolute Gasteiger partial charge is 0.491 e. The number of carbonyl (C=O) groups is 3. The van der Waals surface area contributed by atoms with Gasteiger partial charge in [0.1, 0.15) is 31.0 Å². The molecule has 0 saturated heterocycles. The van der Waals surface area contributed by atoms with Crippen LogP contribution in [0.25, 0.3) is 0 Å². The van der Waals surface area contributed by atoms with Crippen LogP contribution in [0.2, 0.25) is 0 Å². The molecule has 1 heterocycles. The predicted molar refractivity (Wildman–Crippen MR) is 112 cm³/mol. The first-order chi connectivity index (χ1) is 15.1. The third-order valence-electron chi connectivity index (χ3n) is 5.10. The molecule has 0 N–H and O–H groups in total. The lowest BCUT2D eigenvalue weighted by atomic mass is 9.80. The average molecular weight is 416 g/mol. The number of esters is 2. The first-order valence-electron chi connectivity index (χ1n) is 9.80. The lowest BCUT2D eigenvalue weighted by molar-refractivity contribution is -0.0172. The van der Waals surface area contributed by atoms with E-state index in [2.05, 4.69) is 0 Å². The molecule has 156 valence electrons. The van der Waals surface area contributed by atoms with E-state index in [0.717, 1.165) is 0 Å². The molecular weight excluding hydrogens is 396 g/mol. The summed E-state index contributed by atoms with van der Waals surface area (Å²) >= 11 is 0. The van der Waals surface area contributed by atoms with Crippen molar-refractivity contribution in [3.05, 3.63) is 102 Å². The molecule has 0 amide bonds. The second-order valence-corrected chi connectivity index (χ2v) is 7.28. The third kappa shape index (κ3) is 4.33. The summed E-state index contributed by atoms with van der Waals surface area (Å²) in [5.41, 5.74) is -0.254. The number of hydrogen-bond donors (Lipinski definition) is 0. The zero-order valence-electron chi connectivity index (χ0n) is 16.7. The van der Waals surface area contributed by atoms with Gasteiger partial charge in [0, 0.05) is 0 Å². The third-order valence-corrected chi connectivity index (χ3v) is 5.10. The lowest BCUT2D eigenvalue weighted by Crippen LogP contribution is -2.49. The Bertz CT molecular complexity index is 1040. The molecule has 0 atom stereocenters. The summed E-state index contributed by atoms with van der Waals surface area (Å²) in [5, 5.41) is 0. The SMILES string of the molecule is O=C(OCC1(COC(=O)c2ccccc2)COc2ccccc2C1=O)c1ccccc1. The Kier molecular flexibility index (Phi) is 5.80. The van der Waals surface area contributed by atoms with Crippen LogP contribution in [-0.4, -0.2) is 37.5 Å². The summed E-state index contributed by atoms with van der Waals surface area (Å²) in [6.45, 7) is -0.640. The average Bonchev–Trinajstić information content (AvgIpc) is 2.84. The number of hydrogen-bond acceptors (Lipinski definition) is 6. The van der Waals surface area contributed by atoms with Crippen LogP contribution in [0.4, 0.5) is 0 Å². The number of carbonyl (C=O) groups excluding carboxylic acids is 3. The molecule has 3 aromatic carbocycles. The van der Waals surface area contributed by atoms with E-state index in [1.165, 1.54) is 0 Å². The fourth-order valence-electron chi connectivity index (χ4n) is 3.33. The summed E-state index contributed by atoms with van der Waals surface area (Å²) in [7, 11) is 0. The van der Waals surface area contributed by atoms with Gasteiger partial charge in [-0.2, -0.15) is 0 Å². The maximum atomic E-state index is 13.4. The Balaban J connectivity index is 1.56. The zero-order chi connectivity index (χ0) is 21.7. The maximum absolute atomic E-state index is 13.4. The molecule has 6 heteroatoms. The Morgan fingerprint density at radius 1 is 0.742 bits per heavy atom. The summed E-state index contributed by atoms with van der Waals surface area (Å²) in [4.78, 5) is 38.3. The summed E-state index contributed by atoms with van der Waals surface area (Å²) in [5.74, 6) is -0.981. The molecule has 0 aliphatic carbocycles. The van der Waals surface area contributed by atoms with Gasteiger partial charge in [-0.3, -0.25) is 4.79 Å². The number of rotatable bonds is 6. The fourth-order valence-corrected chi connectivity index (χ4v) is 3.33. The van der Waals surface area contributed by atoms with E-state index in [-0.39, 0.29) is 25.6 Å². The van der Waals surface area contributed by atoms with E-state index in [4.69, 9.17) is 14.2 Å². The van der Waals surface area contributed by atoms with Crippen molar-refractivity contribution in [3.63, 3.8) is 0 Å². The molecule has 31 heavy (non-hydrogen) atoms. The number of benzene rings is 3. The number of Topliss-reactive ketones (excluding diaryl/α,β-unsaturated/α-hetero) is 1. The maximum Gasteiger partial charge on any atom is 0.338 e. The van der Waals surface area contributed by atoms with Gasteiger partial charge in [-0.1, -0.05) is 48.5 Å². The van der Waals surface area contributed by atoms with Gasteiger partial charge in [0.05, 0.1) is 16.7 Å². The van der Waals surface area contributed by atoms with Crippen LogP contribution in [0.1, 0.15) is 31.1 Å². The molecular formula is C25H20O6. The number of para-hydroxylation sites is 1. The van der Waals surface area contributed by atoms with E-state index >= 15 is 0 Å². The summed E-state index contributed by atoms with van der Waals surface area (Å²) in [6.07, 6.45) is 0. The van der Waals surface area contributed by atoms with Crippen LogP contribution in [0, 0.1) is 5.41 Å². The van der Waals surface area contributed by atoms with Gasteiger partial charge >= 0.3 is 11.9 Å². The Morgan fingerprint density at radius 2 is 1.23 bits per heavy atom. The van der Waals surface area contributed by atoms with Crippen LogP contribution < -0.4 is 4.74 Å². The Morgan fingerprint density at radius 3 is 1.77 bits per heavy atom. The molecule has 0 unspecified atom stereocenters. The van der Waals surface area contributed by atoms with Crippen LogP contribution in [0.5, 0.6) is 5.75 Å². The number of fused-ring (bicyclic) bond motifs is 1. The van der Waals surface area contributed by atoms with Gasteiger partial charge in [-0.15, -0.1) is 0 Å². The van der Waals surface area contributed by atoms with Crippen molar-refractivity contribution >= 4 is 17.7 Å². The van der Waals surface area contributed by atoms with Crippen molar-refractivity contribution in [2.24, 2.45) is 5.41 Å². The van der Waals surface area contributed by atoms with Crippen LogP contribution in [0.15, 0.2) is 84.9 Å². The molecule has 0 saturated carbocycles. The van der Waals surface area contributed by atoms with Gasteiger partial charge in [0.25, 0.3) is 0 Å². The highest BCUT2D eigenvalue weighted by Gasteiger charge is 2.47. The van der Waals surface area contributed by atoms with Gasteiger partial charge in [0.15, 0.2) is 5.78 Å². The monoisotopic (exact) mass is 416 g/mol. The van der Waals surface area contributed by atoms with Crippen LogP contribution in [0.3, 0.4) is 0 Å². The molecule has 1 aliphatic heterocycles. The highest BCUT2D eigenvalue weighted by molar-refractivity contribution is 6.04. The number of ether oxygens (including phenoxy) is 3. The summed E-state index contributed by atoms with van der Waals surface area (Å²) < 4.78 is 16.7. The van der Waals surface area contributed by atoms with Gasteiger partial charge in [-0.25, -0.2) is 9.59 Å². The molecule has 0 radical (unpaired) electrons. The molecule has 0 fully saturated rings. The lowest BCUT2D eigenvalue weighted by Gasteiger charge is -2.35. The first-order valence-corrected chi connectivity index (χ1v) is 9.80. The second-order valence-electron chi connectivity index (χ2n) is 7.28. The standard InChI is InChI=1S/C25H20O6/c26-22-20-13-7-8-14-21(20)29-15-25(22,16-30-23(27)18-9-3-1-4-10-18)17-31-24(28)19-11-5-2-6-12-19/h1-14H,15-17H2.